The number of hydrogen-bond acceptors (Lipinski definition) is 3. The summed E-state index contributed by atoms with van der Waals surface area (Å²) in [5.74, 6) is -0.324. The minimum atomic E-state index is -0.224. The third kappa shape index (κ3) is 5.22. The van der Waals surface area contributed by atoms with Gasteiger partial charge in [0.25, 0.3) is 0 Å². The van der Waals surface area contributed by atoms with Crippen molar-refractivity contribution in [3.05, 3.63) is 29.6 Å². The zero-order chi connectivity index (χ0) is 17.5. The summed E-state index contributed by atoms with van der Waals surface area (Å²) in [4.78, 5) is 25.2. The molecule has 24 heavy (non-hydrogen) atoms. The summed E-state index contributed by atoms with van der Waals surface area (Å²) >= 11 is 0. The molecule has 1 saturated heterocycles. The van der Waals surface area contributed by atoms with Gasteiger partial charge in [-0.25, -0.2) is 4.39 Å². The van der Waals surface area contributed by atoms with Gasteiger partial charge in [0.05, 0.1) is 5.69 Å². The molecule has 0 aromatic heterocycles. The molecular weight excluding hydrogens is 309 g/mol. The van der Waals surface area contributed by atoms with Crippen molar-refractivity contribution in [2.24, 2.45) is 0 Å². The third-order valence-corrected chi connectivity index (χ3v) is 4.32. The van der Waals surface area contributed by atoms with E-state index < -0.39 is 0 Å². The summed E-state index contributed by atoms with van der Waals surface area (Å²) < 4.78 is 14.1. The number of piperidine rings is 1. The molecule has 6 heteroatoms. The lowest BCUT2D eigenvalue weighted by molar-refractivity contribution is -0.122. The molecule has 1 aliphatic rings. The maximum atomic E-state index is 14.1. The first-order valence-electron chi connectivity index (χ1n) is 8.50. The Labute approximate surface area is 142 Å². The molecule has 2 N–H and O–H groups in total. The Morgan fingerprint density at radius 1 is 1.29 bits per heavy atom. The lowest BCUT2D eigenvalue weighted by Gasteiger charge is -2.35. The Bertz CT molecular complexity index is 592. The second-order valence-corrected chi connectivity index (χ2v) is 6.33. The van der Waals surface area contributed by atoms with Gasteiger partial charge in [-0.05, 0) is 43.9 Å². The van der Waals surface area contributed by atoms with Crippen LogP contribution in [-0.2, 0) is 9.59 Å². The SMILES string of the molecule is CNC(=O)CCCC(=O)N[C@@H]1CCCN(c2cc(C)ccc2F)C1. The molecule has 0 aliphatic carbocycles. The molecule has 0 saturated carbocycles. The van der Waals surface area contributed by atoms with Crippen LogP contribution in [-0.4, -0.2) is 38.0 Å². The van der Waals surface area contributed by atoms with E-state index in [0.29, 0.717) is 31.5 Å². The minimum Gasteiger partial charge on any atom is -0.367 e. The van der Waals surface area contributed by atoms with E-state index in [1.807, 2.05) is 17.9 Å². The number of amides is 2. The van der Waals surface area contributed by atoms with Gasteiger partial charge in [-0.3, -0.25) is 9.59 Å². The third-order valence-electron chi connectivity index (χ3n) is 4.32. The Balaban J connectivity index is 1.85. The fourth-order valence-electron chi connectivity index (χ4n) is 3.01. The van der Waals surface area contributed by atoms with E-state index in [-0.39, 0.29) is 23.7 Å². The summed E-state index contributed by atoms with van der Waals surface area (Å²) in [7, 11) is 1.59. The molecule has 1 heterocycles. The Morgan fingerprint density at radius 2 is 2.04 bits per heavy atom. The normalized spacial score (nSPS) is 17.5. The largest absolute Gasteiger partial charge is 0.367 e. The summed E-state index contributed by atoms with van der Waals surface area (Å²) in [6, 6.07) is 5.12. The molecule has 1 fully saturated rings. The van der Waals surface area contributed by atoms with Gasteiger partial charge in [-0.2, -0.15) is 0 Å². The molecule has 0 bridgehead atoms. The quantitative estimate of drug-likeness (QED) is 0.837. The van der Waals surface area contributed by atoms with Crippen molar-refractivity contribution < 1.29 is 14.0 Å². The first kappa shape index (κ1) is 18.2. The van der Waals surface area contributed by atoms with Crippen molar-refractivity contribution in [1.29, 1.82) is 0 Å². The van der Waals surface area contributed by atoms with Crippen molar-refractivity contribution >= 4 is 17.5 Å². The van der Waals surface area contributed by atoms with Crippen molar-refractivity contribution in [2.75, 3.05) is 25.0 Å². The molecule has 132 valence electrons. The molecular formula is C18H26FN3O2. The van der Waals surface area contributed by atoms with Crippen LogP contribution in [0.15, 0.2) is 18.2 Å². The van der Waals surface area contributed by atoms with E-state index in [1.54, 1.807) is 13.1 Å². The van der Waals surface area contributed by atoms with Gasteiger partial charge in [-0.15, -0.1) is 0 Å². The number of carbonyl (C=O) groups is 2. The predicted molar refractivity (Wildman–Crippen MR) is 92.4 cm³/mol. The maximum absolute atomic E-state index is 14.1. The molecule has 0 unspecified atom stereocenters. The van der Waals surface area contributed by atoms with Crippen LogP contribution in [0.2, 0.25) is 0 Å². The number of carbonyl (C=O) groups excluding carboxylic acids is 2. The van der Waals surface area contributed by atoms with Gasteiger partial charge in [0.15, 0.2) is 0 Å². The fourth-order valence-corrected chi connectivity index (χ4v) is 3.01. The highest BCUT2D eigenvalue weighted by Gasteiger charge is 2.23. The number of anilines is 1. The summed E-state index contributed by atoms with van der Waals surface area (Å²) in [5.41, 5.74) is 1.63. The van der Waals surface area contributed by atoms with Crippen LogP contribution in [0.25, 0.3) is 0 Å². The first-order valence-corrected chi connectivity index (χ1v) is 8.50. The zero-order valence-corrected chi connectivity index (χ0v) is 14.4. The summed E-state index contributed by atoms with van der Waals surface area (Å²) in [5, 5.41) is 5.55. The lowest BCUT2D eigenvalue weighted by Crippen LogP contribution is -2.48. The average Bonchev–Trinajstić information content (AvgIpc) is 2.57. The Hall–Kier alpha value is -2.11. The van der Waals surface area contributed by atoms with E-state index in [2.05, 4.69) is 10.6 Å². The molecule has 1 atom stereocenters. The summed E-state index contributed by atoms with van der Waals surface area (Å²) in [6.07, 6.45) is 3.04. The maximum Gasteiger partial charge on any atom is 0.220 e. The molecule has 1 aromatic carbocycles. The van der Waals surface area contributed by atoms with Crippen molar-refractivity contribution in [3.63, 3.8) is 0 Å². The van der Waals surface area contributed by atoms with E-state index in [4.69, 9.17) is 0 Å². The fraction of sp³-hybridized carbons (Fsp3) is 0.556. The first-order chi connectivity index (χ1) is 11.5. The highest BCUT2D eigenvalue weighted by molar-refractivity contribution is 5.78. The van der Waals surface area contributed by atoms with E-state index in [9.17, 15) is 14.0 Å². The molecule has 1 aliphatic heterocycles. The van der Waals surface area contributed by atoms with Crippen LogP contribution >= 0.6 is 0 Å². The van der Waals surface area contributed by atoms with Gasteiger partial charge >= 0.3 is 0 Å². The van der Waals surface area contributed by atoms with Gasteiger partial charge in [0.1, 0.15) is 5.82 Å². The topological polar surface area (TPSA) is 61.4 Å². The minimum absolute atomic E-state index is 0.0196. The second kappa shape index (κ2) is 8.66. The van der Waals surface area contributed by atoms with Gasteiger partial charge in [0.2, 0.25) is 11.8 Å². The molecule has 2 rings (SSSR count). The number of hydrogen-bond donors (Lipinski definition) is 2. The molecule has 0 radical (unpaired) electrons. The number of nitrogens with zero attached hydrogens (tertiary/aromatic N) is 1. The molecule has 1 aromatic rings. The van der Waals surface area contributed by atoms with E-state index in [1.165, 1.54) is 6.07 Å². The van der Waals surface area contributed by atoms with E-state index >= 15 is 0 Å². The Morgan fingerprint density at radius 3 is 2.79 bits per heavy atom. The van der Waals surface area contributed by atoms with Gasteiger partial charge in [-0.1, -0.05) is 6.07 Å². The highest BCUT2D eigenvalue weighted by Crippen LogP contribution is 2.24. The van der Waals surface area contributed by atoms with Gasteiger partial charge in [0, 0.05) is 39.0 Å². The van der Waals surface area contributed by atoms with Crippen molar-refractivity contribution in [1.82, 2.24) is 10.6 Å². The molecule has 2 amide bonds. The smallest absolute Gasteiger partial charge is 0.220 e. The number of nitrogens with one attached hydrogen (secondary N) is 2. The van der Waals surface area contributed by atoms with E-state index in [0.717, 1.165) is 24.9 Å². The van der Waals surface area contributed by atoms with Crippen LogP contribution < -0.4 is 15.5 Å². The Kier molecular flexibility index (Phi) is 6.58. The van der Waals surface area contributed by atoms with Crippen LogP contribution in [0.1, 0.15) is 37.7 Å². The van der Waals surface area contributed by atoms with Crippen LogP contribution in [0, 0.1) is 12.7 Å². The monoisotopic (exact) mass is 335 g/mol. The van der Waals surface area contributed by atoms with Crippen LogP contribution in [0.5, 0.6) is 0 Å². The van der Waals surface area contributed by atoms with Crippen LogP contribution in [0.3, 0.4) is 0 Å². The lowest BCUT2D eigenvalue weighted by atomic mass is 10.0. The average molecular weight is 335 g/mol. The van der Waals surface area contributed by atoms with Crippen LogP contribution in [0.4, 0.5) is 10.1 Å². The second-order valence-electron chi connectivity index (χ2n) is 6.33. The zero-order valence-electron chi connectivity index (χ0n) is 14.4. The standard InChI is InChI=1S/C18H26FN3O2/c1-13-8-9-15(19)16(11-13)22-10-4-5-14(12-22)21-18(24)7-3-6-17(23)20-2/h8-9,11,14H,3-7,10,12H2,1-2H3,(H,20,23)(H,21,24)/t14-/m1/s1. The number of aryl methyl sites for hydroxylation is 1. The number of rotatable bonds is 6. The highest BCUT2D eigenvalue weighted by atomic mass is 19.1. The predicted octanol–water partition coefficient (Wildman–Crippen LogP) is 2.14. The van der Waals surface area contributed by atoms with Gasteiger partial charge < -0.3 is 15.5 Å². The molecule has 5 nitrogen and oxygen atoms in total. The van der Waals surface area contributed by atoms with Crippen molar-refractivity contribution in [2.45, 2.75) is 45.1 Å². The van der Waals surface area contributed by atoms with Crippen molar-refractivity contribution in [3.8, 4) is 0 Å². The molecule has 0 spiro atoms. The number of benzene rings is 1. The summed E-state index contributed by atoms with van der Waals surface area (Å²) in [6.45, 7) is 3.35. The number of halogens is 1.